The van der Waals surface area contributed by atoms with Crippen LogP contribution in [-0.4, -0.2) is 17.7 Å². The van der Waals surface area contributed by atoms with Gasteiger partial charge in [-0.15, -0.1) is 0 Å². The Balaban J connectivity index is 2.12. The number of ether oxygens (including phenoxy) is 1. The van der Waals surface area contributed by atoms with E-state index in [2.05, 4.69) is 6.92 Å². The predicted octanol–water partition coefficient (Wildman–Crippen LogP) is 1.44. The molecule has 0 atom stereocenters. The van der Waals surface area contributed by atoms with Crippen molar-refractivity contribution in [2.24, 2.45) is 5.73 Å². The minimum absolute atomic E-state index is 0.0386. The van der Waals surface area contributed by atoms with E-state index >= 15 is 0 Å². The molecule has 3 aliphatic rings. The SMILES string of the molecule is CCC12CCC(N)(CC1)CO2. The zero-order valence-corrected chi connectivity index (χ0v) is 7.23. The third-order valence-electron chi connectivity index (χ3n) is 3.47. The number of hydrogen-bond donors (Lipinski definition) is 1. The Hall–Kier alpha value is -0.0800. The maximum Gasteiger partial charge on any atom is 0.0682 e. The maximum atomic E-state index is 6.08. The van der Waals surface area contributed by atoms with Crippen molar-refractivity contribution in [2.75, 3.05) is 6.61 Å². The van der Waals surface area contributed by atoms with Gasteiger partial charge in [0, 0.05) is 5.54 Å². The van der Waals surface area contributed by atoms with Crippen LogP contribution in [0.2, 0.25) is 0 Å². The van der Waals surface area contributed by atoms with E-state index in [1.807, 2.05) is 0 Å². The molecule has 64 valence electrons. The summed E-state index contributed by atoms with van der Waals surface area (Å²) in [5.74, 6) is 0. The second kappa shape index (κ2) is 2.20. The summed E-state index contributed by atoms with van der Waals surface area (Å²) >= 11 is 0. The first-order valence-corrected chi connectivity index (χ1v) is 4.61. The molecule has 3 fully saturated rings. The van der Waals surface area contributed by atoms with E-state index in [9.17, 15) is 0 Å². The lowest BCUT2D eigenvalue weighted by Gasteiger charge is -2.51. The van der Waals surface area contributed by atoms with Crippen molar-refractivity contribution in [2.45, 2.75) is 50.2 Å². The van der Waals surface area contributed by atoms with Crippen LogP contribution in [-0.2, 0) is 4.74 Å². The number of hydrogen-bond acceptors (Lipinski definition) is 2. The molecule has 0 amide bonds. The monoisotopic (exact) mass is 155 g/mol. The molecule has 2 heterocycles. The Labute approximate surface area is 68.1 Å². The molecule has 0 spiro atoms. The highest BCUT2D eigenvalue weighted by atomic mass is 16.5. The van der Waals surface area contributed by atoms with Crippen LogP contribution in [0, 0.1) is 0 Å². The third kappa shape index (κ3) is 1.09. The molecule has 2 bridgehead atoms. The zero-order chi connectivity index (χ0) is 7.95. The Morgan fingerprint density at radius 2 is 1.91 bits per heavy atom. The van der Waals surface area contributed by atoms with Crippen LogP contribution < -0.4 is 5.73 Å². The molecule has 1 saturated carbocycles. The molecule has 2 N–H and O–H groups in total. The minimum atomic E-state index is 0.0386. The molecular formula is C9H17NO. The van der Waals surface area contributed by atoms with E-state index in [4.69, 9.17) is 10.5 Å². The highest BCUT2D eigenvalue weighted by Crippen LogP contribution is 2.43. The van der Waals surface area contributed by atoms with Crippen molar-refractivity contribution in [3.05, 3.63) is 0 Å². The largest absolute Gasteiger partial charge is 0.373 e. The fraction of sp³-hybridized carbons (Fsp3) is 1.00. The summed E-state index contributed by atoms with van der Waals surface area (Å²) in [6, 6.07) is 0. The second-order valence-corrected chi connectivity index (χ2v) is 4.19. The molecule has 3 rings (SSSR count). The molecule has 2 heteroatoms. The molecule has 2 aliphatic heterocycles. The predicted molar refractivity (Wildman–Crippen MR) is 44.4 cm³/mol. The Morgan fingerprint density at radius 1 is 1.27 bits per heavy atom. The summed E-state index contributed by atoms with van der Waals surface area (Å²) in [4.78, 5) is 0. The zero-order valence-electron chi connectivity index (χ0n) is 7.23. The van der Waals surface area contributed by atoms with E-state index < -0.39 is 0 Å². The molecule has 0 aromatic rings. The van der Waals surface area contributed by atoms with Crippen LogP contribution in [0.5, 0.6) is 0 Å². The van der Waals surface area contributed by atoms with Gasteiger partial charge in [0.05, 0.1) is 12.2 Å². The standard InChI is InChI=1S/C9H17NO/c1-2-9-5-3-8(10,4-6-9)7-11-9/h2-7,10H2,1H3. The number of nitrogens with two attached hydrogens (primary N) is 1. The lowest BCUT2D eigenvalue weighted by molar-refractivity contribution is -0.154. The minimum Gasteiger partial charge on any atom is -0.373 e. The highest BCUT2D eigenvalue weighted by Gasteiger charge is 2.46. The topological polar surface area (TPSA) is 35.2 Å². The van der Waals surface area contributed by atoms with Gasteiger partial charge >= 0.3 is 0 Å². The van der Waals surface area contributed by atoms with Gasteiger partial charge < -0.3 is 10.5 Å². The summed E-state index contributed by atoms with van der Waals surface area (Å²) in [7, 11) is 0. The molecule has 2 saturated heterocycles. The second-order valence-electron chi connectivity index (χ2n) is 4.19. The highest BCUT2D eigenvalue weighted by molar-refractivity contribution is 5.01. The molecule has 0 radical (unpaired) electrons. The molecular weight excluding hydrogens is 138 g/mol. The van der Waals surface area contributed by atoms with E-state index in [0.29, 0.717) is 0 Å². The van der Waals surface area contributed by atoms with Crippen molar-refractivity contribution in [3.8, 4) is 0 Å². The summed E-state index contributed by atoms with van der Waals surface area (Å²) in [6.45, 7) is 3.01. The molecule has 1 aliphatic carbocycles. The van der Waals surface area contributed by atoms with Crippen LogP contribution >= 0.6 is 0 Å². The van der Waals surface area contributed by atoms with Gasteiger partial charge in [0.2, 0.25) is 0 Å². The fourth-order valence-electron chi connectivity index (χ4n) is 2.24. The molecule has 0 aromatic heterocycles. The number of fused-ring (bicyclic) bond motifs is 3. The molecule has 11 heavy (non-hydrogen) atoms. The smallest absolute Gasteiger partial charge is 0.0682 e. The van der Waals surface area contributed by atoms with Gasteiger partial charge in [0.1, 0.15) is 0 Å². The lowest BCUT2D eigenvalue weighted by Crippen LogP contribution is -2.59. The van der Waals surface area contributed by atoms with Gasteiger partial charge in [0.15, 0.2) is 0 Å². The Kier molecular flexibility index (Phi) is 1.52. The Morgan fingerprint density at radius 3 is 2.27 bits per heavy atom. The molecule has 0 aromatic carbocycles. The van der Waals surface area contributed by atoms with Crippen molar-refractivity contribution in [1.29, 1.82) is 0 Å². The quantitative estimate of drug-likeness (QED) is 0.622. The molecule has 2 nitrogen and oxygen atoms in total. The van der Waals surface area contributed by atoms with E-state index in [0.717, 1.165) is 13.0 Å². The molecule has 0 unspecified atom stereocenters. The number of rotatable bonds is 1. The Bertz CT molecular complexity index is 142. The van der Waals surface area contributed by atoms with Crippen LogP contribution in [0.4, 0.5) is 0 Å². The van der Waals surface area contributed by atoms with Gasteiger partial charge in [-0.1, -0.05) is 6.92 Å². The summed E-state index contributed by atoms with van der Waals surface area (Å²) in [6.07, 6.45) is 5.85. The normalized spacial score (nSPS) is 49.6. The van der Waals surface area contributed by atoms with Crippen molar-refractivity contribution in [3.63, 3.8) is 0 Å². The van der Waals surface area contributed by atoms with Crippen LogP contribution in [0.1, 0.15) is 39.0 Å². The van der Waals surface area contributed by atoms with Gasteiger partial charge in [0.25, 0.3) is 0 Å². The van der Waals surface area contributed by atoms with E-state index in [1.54, 1.807) is 0 Å². The lowest BCUT2D eigenvalue weighted by atomic mass is 9.71. The van der Waals surface area contributed by atoms with Gasteiger partial charge in [-0.3, -0.25) is 0 Å². The average molecular weight is 155 g/mol. The van der Waals surface area contributed by atoms with Gasteiger partial charge in [-0.2, -0.15) is 0 Å². The van der Waals surface area contributed by atoms with Crippen LogP contribution in [0.15, 0.2) is 0 Å². The van der Waals surface area contributed by atoms with Crippen LogP contribution in [0.3, 0.4) is 0 Å². The van der Waals surface area contributed by atoms with Gasteiger partial charge in [-0.25, -0.2) is 0 Å². The van der Waals surface area contributed by atoms with Crippen molar-refractivity contribution >= 4 is 0 Å². The first-order valence-electron chi connectivity index (χ1n) is 4.61. The fourth-order valence-corrected chi connectivity index (χ4v) is 2.24. The van der Waals surface area contributed by atoms with E-state index in [1.165, 1.54) is 25.7 Å². The maximum absolute atomic E-state index is 6.08. The average Bonchev–Trinajstić information content (AvgIpc) is 2.07. The third-order valence-corrected chi connectivity index (χ3v) is 3.47. The summed E-state index contributed by atoms with van der Waals surface area (Å²) in [5.41, 5.74) is 6.35. The van der Waals surface area contributed by atoms with Crippen molar-refractivity contribution in [1.82, 2.24) is 0 Å². The summed E-state index contributed by atoms with van der Waals surface area (Å²) in [5, 5.41) is 0. The van der Waals surface area contributed by atoms with Gasteiger partial charge in [-0.05, 0) is 32.1 Å². The van der Waals surface area contributed by atoms with Crippen LogP contribution in [0.25, 0.3) is 0 Å². The summed E-state index contributed by atoms with van der Waals surface area (Å²) < 4.78 is 5.79. The van der Waals surface area contributed by atoms with E-state index in [-0.39, 0.29) is 11.1 Å². The van der Waals surface area contributed by atoms with Crippen molar-refractivity contribution < 1.29 is 4.74 Å². The first kappa shape index (κ1) is 7.56. The first-order chi connectivity index (χ1) is 5.18.